The molecule has 2 aromatic rings. The number of benzene rings is 1. The van der Waals surface area contributed by atoms with Crippen molar-refractivity contribution in [2.24, 2.45) is 7.05 Å². The van der Waals surface area contributed by atoms with Crippen LogP contribution in [-0.4, -0.2) is 21.5 Å². The van der Waals surface area contributed by atoms with Gasteiger partial charge >= 0.3 is 0 Å². The summed E-state index contributed by atoms with van der Waals surface area (Å²) in [5.41, 5.74) is 2.55. The maximum atomic E-state index is 9.46. The zero-order chi connectivity index (χ0) is 15.4. The van der Waals surface area contributed by atoms with E-state index in [0.29, 0.717) is 30.3 Å². The summed E-state index contributed by atoms with van der Waals surface area (Å²) < 4.78 is 14.2. The lowest BCUT2D eigenvalue weighted by Gasteiger charge is -2.15. The van der Waals surface area contributed by atoms with Crippen molar-refractivity contribution in [3.63, 3.8) is 0 Å². The van der Waals surface area contributed by atoms with Gasteiger partial charge in [-0.2, -0.15) is 5.10 Å². The number of hydrogen-bond acceptors (Lipinski definition) is 4. The second-order valence-corrected chi connectivity index (χ2v) is 5.39. The molecule has 2 rings (SSSR count). The molecule has 114 valence electrons. The van der Waals surface area contributed by atoms with Crippen molar-refractivity contribution in [1.82, 2.24) is 9.78 Å². The van der Waals surface area contributed by atoms with E-state index in [4.69, 9.17) is 9.47 Å². The Morgan fingerprint density at radius 3 is 2.67 bits per heavy atom. The lowest BCUT2D eigenvalue weighted by atomic mass is 10.2. The smallest absolute Gasteiger partial charge is 0.167 e. The monoisotopic (exact) mass is 354 g/mol. The fourth-order valence-electron chi connectivity index (χ4n) is 2.10. The van der Waals surface area contributed by atoms with Crippen LogP contribution in [0.3, 0.4) is 0 Å². The molecule has 0 saturated heterocycles. The third-order valence-electron chi connectivity index (χ3n) is 3.15. The summed E-state index contributed by atoms with van der Waals surface area (Å²) in [6, 6.07) is 5.50. The van der Waals surface area contributed by atoms with Crippen molar-refractivity contribution in [3.05, 3.63) is 39.6 Å². The van der Waals surface area contributed by atoms with Gasteiger partial charge in [-0.3, -0.25) is 4.68 Å². The Bertz CT molecular complexity index is 626. The lowest BCUT2D eigenvalue weighted by Crippen LogP contribution is -2.06. The maximum absolute atomic E-state index is 9.46. The van der Waals surface area contributed by atoms with Gasteiger partial charge in [0.05, 0.1) is 29.1 Å². The number of aliphatic hydroxyl groups excluding tert-OH is 1. The zero-order valence-corrected chi connectivity index (χ0v) is 14.0. The molecule has 0 radical (unpaired) electrons. The van der Waals surface area contributed by atoms with Gasteiger partial charge in [0.2, 0.25) is 0 Å². The van der Waals surface area contributed by atoms with Gasteiger partial charge in [0, 0.05) is 12.6 Å². The van der Waals surface area contributed by atoms with Gasteiger partial charge in [-0.15, -0.1) is 0 Å². The summed E-state index contributed by atoms with van der Waals surface area (Å²) >= 11 is 3.52. The molecule has 1 aromatic carbocycles. The highest BCUT2D eigenvalue weighted by Crippen LogP contribution is 2.33. The van der Waals surface area contributed by atoms with Gasteiger partial charge in [-0.05, 0) is 35.8 Å². The molecule has 1 N–H and O–H groups in total. The number of hydrogen-bond donors (Lipinski definition) is 1. The SMILES string of the molecule is CCOc1cccc(CO)c1OCc1c(Br)c(C)nn1C. The largest absolute Gasteiger partial charge is 0.490 e. The van der Waals surface area contributed by atoms with E-state index in [9.17, 15) is 5.11 Å². The Labute approximate surface area is 132 Å². The van der Waals surface area contributed by atoms with Crippen molar-refractivity contribution in [3.8, 4) is 11.5 Å². The zero-order valence-electron chi connectivity index (χ0n) is 12.4. The lowest BCUT2D eigenvalue weighted by molar-refractivity contribution is 0.239. The predicted molar refractivity (Wildman–Crippen MR) is 83.5 cm³/mol. The third kappa shape index (κ3) is 3.39. The first-order chi connectivity index (χ1) is 10.1. The molecule has 0 unspecified atom stereocenters. The molecule has 1 aromatic heterocycles. The summed E-state index contributed by atoms with van der Waals surface area (Å²) in [6.45, 7) is 4.63. The van der Waals surface area contributed by atoms with Crippen molar-refractivity contribution in [2.45, 2.75) is 27.1 Å². The van der Waals surface area contributed by atoms with E-state index in [1.165, 1.54) is 0 Å². The Kier molecular flexibility index (Phi) is 5.25. The highest BCUT2D eigenvalue weighted by atomic mass is 79.9. The first kappa shape index (κ1) is 15.9. The van der Waals surface area contributed by atoms with Crippen LogP contribution >= 0.6 is 15.9 Å². The van der Waals surface area contributed by atoms with Crippen LogP contribution in [-0.2, 0) is 20.3 Å². The highest BCUT2D eigenvalue weighted by Gasteiger charge is 2.15. The summed E-state index contributed by atoms with van der Waals surface area (Å²) in [7, 11) is 1.87. The van der Waals surface area contributed by atoms with Gasteiger partial charge < -0.3 is 14.6 Å². The van der Waals surface area contributed by atoms with Crippen LogP contribution in [0.15, 0.2) is 22.7 Å². The molecule has 1 heterocycles. The Balaban J connectivity index is 2.26. The van der Waals surface area contributed by atoms with Crippen molar-refractivity contribution in [2.75, 3.05) is 6.61 Å². The molecule has 6 heteroatoms. The van der Waals surface area contributed by atoms with Crippen LogP contribution in [0.1, 0.15) is 23.9 Å². The average molecular weight is 355 g/mol. The molecule has 0 fully saturated rings. The van der Waals surface area contributed by atoms with E-state index in [-0.39, 0.29) is 6.61 Å². The standard InChI is InChI=1S/C15H19BrN2O3/c1-4-20-13-7-5-6-11(8-19)15(13)21-9-12-14(16)10(2)17-18(12)3/h5-7,19H,4,8-9H2,1-3H3. The number of aromatic nitrogens is 2. The van der Waals surface area contributed by atoms with Gasteiger partial charge in [0.1, 0.15) is 6.61 Å². The number of ether oxygens (including phenoxy) is 2. The topological polar surface area (TPSA) is 56.5 Å². The minimum atomic E-state index is -0.0954. The molecule has 0 amide bonds. The first-order valence-corrected chi connectivity index (χ1v) is 7.54. The minimum absolute atomic E-state index is 0.0954. The number of halogens is 1. The number of aryl methyl sites for hydroxylation is 2. The fraction of sp³-hybridized carbons (Fsp3) is 0.400. The molecule has 0 saturated carbocycles. The van der Waals surface area contributed by atoms with Crippen LogP contribution in [0.5, 0.6) is 11.5 Å². The second-order valence-electron chi connectivity index (χ2n) is 4.59. The summed E-state index contributed by atoms with van der Waals surface area (Å²) in [6.07, 6.45) is 0. The molecule has 0 aliphatic rings. The molecular weight excluding hydrogens is 336 g/mol. The molecule has 0 spiro atoms. The van der Waals surface area contributed by atoms with Crippen LogP contribution < -0.4 is 9.47 Å². The Morgan fingerprint density at radius 2 is 2.10 bits per heavy atom. The Hall–Kier alpha value is -1.53. The van der Waals surface area contributed by atoms with Gasteiger partial charge in [-0.1, -0.05) is 12.1 Å². The van der Waals surface area contributed by atoms with Gasteiger partial charge in [0.25, 0.3) is 0 Å². The normalized spacial score (nSPS) is 10.7. The number of nitrogens with zero attached hydrogens (tertiary/aromatic N) is 2. The first-order valence-electron chi connectivity index (χ1n) is 6.74. The molecule has 0 aliphatic carbocycles. The number of rotatable bonds is 6. The summed E-state index contributed by atoms with van der Waals surface area (Å²) in [4.78, 5) is 0. The molecule has 0 atom stereocenters. The van der Waals surface area contributed by atoms with Crippen LogP contribution in [0, 0.1) is 6.92 Å². The minimum Gasteiger partial charge on any atom is -0.490 e. The number of para-hydroxylation sites is 1. The maximum Gasteiger partial charge on any atom is 0.167 e. The summed E-state index contributed by atoms with van der Waals surface area (Å²) in [5, 5.41) is 13.8. The van der Waals surface area contributed by atoms with E-state index in [0.717, 1.165) is 15.9 Å². The van der Waals surface area contributed by atoms with Crippen molar-refractivity contribution in [1.29, 1.82) is 0 Å². The van der Waals surface area contributed by atoms with Crippen molar-refractivity contribution < 1.29 is 14.6 Å². The fourth-order valence-corrected chi connectivity index (χ4v) is 2.55. The summed E-state index contributed by atoms with van der Waals surface area (Å²) in [5.74, 6) is 1.21. The molecule has 0 aliphatic heterocycles. The highest BCUT2D eigenvalue weighted by molar-refractivity contribution is 9.10. The quantitative estimate of drug-likeness (QED) is 0.866. The van der Waals surface area contributed by atoms with E-state index < -0.39 is 0 Å². The third-order valence-corrected chi connectivity index (χ3v) is 4.18. The van der Waals surface area contributed by atoms with Gasteiger partial charge in [-0.25, -0.2) is 0 Å². The molecule has 5 nitrogen and oxygen atoms in total. The second kappa shape index (κ2) is 6.95. The molecule has 21 heavy (non-hydrogen) atoms. The predicted octanol–water partition coefficient (Wildman–Crippen LogP) is 2.96. The Morgan fingerprint density at radius 1 is 1.33 bits per heavy atom. The van der Waals surface area contributed by atoms with E-state index in [1.54, 1.807) is 4.68 Å². The molecule has 0 bridgehead atoms. The van der Waals surface area contributed by atoms with Gasteiger partial charge in [0.15, 0.2) is 11.5 Å². The van der Waals surface area contributed by atoms with Crippen LogP contribution in [0.25, 0.3) is 0 Å². The van der Waals surface area contributed by atoms with Crippen LogP contribution in [0.2, 0.25) is 0 Å². The van der Waals surface area contributed by atoms with E-state index in [2.05, 4.69) is 21.0 Å². The molecular formula is C15H19BrN2O3. The average Bonchev–Trinajstić information content (AvgIpc) is 2.71. The van der Waals surface area contributed by atoms with Crippen LogP contribution in [0.4, 0.5) is 0 Å². The number of aliphatic hydroxyl groups is 1. The van der Waals surface area contributed by atoms with Crippen molar-refractivity contribution >= 4 is 15.9 Å². The van der Waals surface area contributed by atoms with E-state index >= 15 is 0 Å². The van der Waals surface area contributed by atoms with E-state index in [1.807, 2.05) is 39.1 Å².